The lowest BCUT2D eigenvalue weighted by molar-refractivity contribution is -0.146. The van der Waals surface area contributed by atoms with Crippen LogP contribution in [-0.4, -0.2) is 24.5 Å². The Morgan fingerprint density at radius 3 is 1.95 bits per heavy atom. The Kier molecular flexibility index (Phi) is 4.36. The van der Waals surface area contributed by atoms with E-state index in [-0.39, 0.29) is 6.07 Å². The summed E-state index contributed by atoms with van der Waals surface area (Å²) < 4.78 is 57.1. The van der Waals surface area contributed by atoms with E-state index in [4.69, 9.17) is 0 Å². The molecule has 0 aromatic heterocycles. The molecule has 0 atom stereocenters. The summed E-state index contributed by atoms with van der Waals surface area (Å²) in [5.41, 5.74) is -3.08. The van der Waals surface area contributed by atoms with E-state index in [0.29, 0.717) is 0 Å². The number of benzene rings is 1. The summed E-state index contributed by atoms with van der Waals surface area (Å²) in [7, 11) is 1.04. The summed E-state index contributed by atoms with van der Waals surface area (Å²) in [4.78, 5) is 23.0. The molecule has 1 amide bonds. The van der Waals surface area contributed by atoms with E-state index in [1.54, 1.807) is 0 Å². The number of carbonyl (C=O) groups is 2. The van der Waals surface area contributed by atoms with Gasteiger partial charge >= 0.3 is 5.97 Å². The highest BCUT2D eigenvalue weighted by molar-refractivity contribution is 5.98. The Bertz CT molecular complexity index is 546. The fourth-order valence-electron chi connectivity index (χ4n) is 1.43. The fraction of sp³-hybridized carbons (Fsp3) is 0.333. The molecule has 1 N–H and O–H groups in total. The monoisotopic (exact) mass is 293 g/mol. The zero-order chi connectivity index (χ0) is 15.7. The molecule has 0 aliphatic heterocycles. The minimum atomic E-state index is -1.85. The van der Waals surface area contributed by atoms with Gasteiger partial charge in [0.15, 0.2) is 23.3 Å². The van der Waals surface area contributed by atoms with Gasteiger partial charge in [-0.05, 0) is 13.8 Å². The van der Waals surface area contributed by atoms with Gasteiger partial charge < -0.3 is 10.1 Å². The SMILES string of the molecule is COC(=O)C(C)(C)NC(=O)c1c(F)c(F)cc(F)c1F. The van der Waals surface area contributed by atoms with Crippen LogP contribution >= 0.6 is 0 Å². The van der Waals surface area contributed by atoms with E-state index in [1.165, 1.54) is 13.8 Å². The van der Waals surface area contributed by atoms with Gasteiger partial charge in [-0.15, -0.1) is 0 Å². The predicted molar refractivity (Wildman–Crippen MR) is 59.8 cm³/mol. The summed E-state index contributed by atoms with van der Waals surface area (Å²) >= 11 is 0. The standard InChI is InChI=1S/C12H11F4NO3/c1-12(2,11(19)20-3)17-10(18)7-8(15)5(13)4-6(14)9(7)16/h4H,1-3H3,(H,17,18). The highest BCUT2D eigenvalue weighted by atomic mass is 19.2. The van der Waals surface area contributed by atoms with Crippen LogP contribution < -0.4 is 5.32 Å². The zero-order valence-corrected chi connectivity index (χ0v) is 10.8. The van der Waals surface area contributed by atoms with Gasteiger partial charge in [-0.25, -0.2) is 22.4 Å². The molecule has 0 saturated heterocycles. The third-order valence-corrected chi connectivity index (χ3v) is 2.46. The Morgan fingerprint density at radius 1 is 1.10 bits per heavy atom. The fourth-order valence-corrected chi connectivity index (χ4v) is 1.43. The molecule has 20 heavy (non-hydrogen) atoms. The van der Waals surface area contributed by atoms with Crippen molar-refractivity contribution in [3.63, 3.8) is 0 Å². The van der Waals surface area contributed by atoms with Crippen molar-refractivity contribution in [2.24, 2.45) is 0 Å². The number of carbonyl (C=O) groups excluding carboxylic acids is 2. The van der Waals surface area contributed by atoms with Crippen LogP contribution in [0.2, 0.25) is 0 Å². The van der Waals surface area contributed by atoms with E-state index in [1.807, 2.05) is 5.32 Å². The molecule has 110 valence electrons. The molecule has 4 nitrogen and oxygen atoms in total. The minimum Gasteiger partial charge on any atom is -0.467 e. The largest absolute Gasteiger partial charge is 0.467 e. The van der Waals surface area contributed by atoms with E-state index < -0.39 is 46.2 Å². The Hall–Kier alpha value is -2.12. The first-order valence-corrected chi connectivity index (χ1v) is 5.35. The van der Waals surface area contributed by atoms with Crippen molar-refractivity contribution in [3.8, 4) is 0 Å². The molecule has 0 radical (unpaired) electrons. The summed E-state index contributed by atoms with van der Waals surface area (Å²) in [6.45, 7) is 2.39. The summed E-state index contributed by atoms with van der Waals surface area (Å²) in [6.07, 6.45) is 0. The van der Waals surface area contributed by atoms with Gasteiger partial charge in [-0.3, -0.25) is 4.79 Å². The number of halogens is 4. The molecule has 0 fully saturated rings. The number of ether oxygens (including phenoxy) is 1. The maximum Gasteiger partial charge on any atom is 0.330 e. The Morgan fingerprint density at radius 2 is 1.55 bits per heavy atom. The van der Waals surface area contributed by atoms with Crippen LogP contribution in [0.1, 0.15) is 24.2 Å². The number of hydrogen-bond acceptors (Lipinski definition) is 3. The molecular weight excluding hydrogens is 282 g/mol. The zero-order valence-electron chi connectivity index (χ0n) is 10.8. The lowest BCUT2D eigenvalue weighted by Crippen LogP contribution is -2.50. The van der Waals surface area contributed by atoms with Crippen molar-refractivity contribution in [3.05, 3.63) is 34.9 Å². The number of hydrogen-bond donors (Lipinski definition) is 1. The van der Waals surface area contributed by atoms with Gasteiger partial charge in [0, 0.05) is 6.07 Å². The van der Waals surface area contributed by atoms with Gasteiger partial charge in [-0.1, -0.05) is 0 Å². The average molecular weight is 293 g/mol. The third-order valence-electron chi connectivity index (χ3n) is 2.46. The lowest BCUT2D eigenvalue weighted by Gasteiger charge is -2.23. The number of nitrogens with one attached hydrogen (secondary N) is 1. The van der Waals surface area contributed by atoms with Crippen molar-refractivity contribution >= 4 is 11.9 Å². The molecule has 8 heteroatoms. The summed E-state index contributed by atoms with van der Waals surface area (Å²) in [5, 5.41) is 1.93. The summed E-state index contributed by atoms with van der Waals surface area (Å²) in [6, 6.07) is -0.0209. The Labute approximate surface area is 111 Å². The maximum absolute atomic E-state index is 13.4. The molecule has 0 heterocycles. The van der Waals surface area contributed by atoms with Crippen molar-refractivity contribution in [2.75, 3.05) is 7.11 Å². The Balaban J connectivity index is 3.20. The van der Waals surface area contributed by atoms with Crippen LogP contribution in [0.5, 0.6) is 0 Å². The van der Waals surface area contributed by atoms with E-state index in [0.717, 1.165) is 7.11 Å². The molecule has 1 aromatic carbocycles. The van der Waals surface area contributed by atoms with Crippen LogP contribution in [0, 0.1) is 23.3 Å². The van der Waals surface area contributed by atoms with Gasteiger partial charge in [-0.2, -0.15) is 0 Å². The van der Waals surface area contributed by atoms with Crippen molar-refractivity contribution in [1.29, 1.82) is 0 Å². The van der Waals surface area contributed by atoms with E-state index in [9.17, 15) is 27.2 Å². The highest BCUT2D eigenvalue weighted by Crippen LogP contribution is 2.20. The molecule has 0 saturated carbocycles. The molecule has 0 spiro atoms. The van der Waals surface area contributed by atoms with E-state index >= 15 is 0 Å². The van der Waals surface area contributed by atoms with Gasteiger partial charge in [0.2, 0.25) is 0 Å². The molecular formula is C12H11F4NO3. The summed E-state index contributed by atoms with van der Waals surface area (Å²) in [5.74, 6) is -9.50. The van der Waals surface area contributed by atoms with Crippen LogP contribution in [0.25, 0.3) is 0 Å². The average Bonchev–Trinajstić information content (AvgIpc) is 2.35. The topological polar surface area (TPSA) is 55.4 Å². The smallest absolute Gasteiger partial charge is 0.330 e. The third kappa shape index (κ3) is 2.89. The van der Waals surface area contributed by atoms with Crippen LogP contribution in [0.15, 0.2) is 6.07 Å². The van der Waals surface area contributed by atoms with Crippen molar-refractivity contribution < 1.29 is 31.9 Å². The lowest BCUT2D eigenvalue weighted by atomic mass is 10.0. The second kappa shape index (κ2) is 5.48. The van der Waals surface area contributed by atoms with Gasteiger partial charge in [0.05, 0.1) is 7.11 Å². The number of rotatable bonds is 3. The van der Waals surface area contributed by atoms with E-state index in [2.05, 4.69) is 4.74 Å². The maximum atomic E-state index is 13.4. The second-order valence-electron chi connectivity index (χ2n) is 4.41. The second-order valence-corrected chi connectivity index (χ2v) is 4.41. The number of methoxy groups -OCH3 is 1. The molecule has 1 rings (SSSR count). The first-order valence-electron chi connectivity index (χ1n) is 5.35. The minimum absolute atomic E-state index is 0.0209. The van der Waals surface area contributed by atoms with Crippen molar-refractivity contribution in [1.82, 2.24) is 5.32 Å². The molecule has 0 unspecified atom stereocenters. The first kappa shape index (κ1) is 15.9. The number of esters is 1. The predicted octanol–water partition coefficient (Wildman–Crippen LogP) is 1.92. The molecule has 1 aromatic rings. The van der Waals surface area contributed by atoms with Crippen LogP contribution in [-0.2, 0) is 9.53 Å². The normalized spacial score (nSPS) is 11.2. The molecule has 0 aliphatic carbocycles. The van der Waals surface area contributed by atoms with Gasteiger partial charge in [0.25, 0.3) is 5.91 Å². The van der Waals surface area contributed by atoms with Crippen molar-refractivity contribution in [2.45, 2.75) is 19.4 Å². The van der Waals surface area contributed by atoms with Gasteiger partial charge in [0.1, 0.15) is 11.1 Å². The quantitative estimate of drug-likeness (QED) is 0.526. The molecule has 0 bridgehead atoms. The van der Waals surface area contributed by atoms with Crippen LogP contribution in [0.4, 0.5) is 17.6 Å². The van der Waals surface area contributed by atoms with Crippen LogP contribution in [0.3, 0.4) is 0 Å². The number of amides is 1. The first-order chi connectivity index (χ1) is 9.11. The highest BCUT2D eigenvalue weighted by Gasteiger charge is 2.34. The molecule has 0 aliphatic rings.